The Bertz CT molecular complexity index is 325. The number of likely N-dealkylation sites (tertiary alicyclic amines) is 1. The summed E-state index contributed by atoms with van der Waals surface area (Å²) in [6, 6.07) is 0. The van der Waals surface area contributed by atoms with Crippen LogP contribution in [0.5, 0.6) is 0 Å². The Balaban J connectivity index is 1.63. The summed E-state index contributed by atoms with van der Waals surface area (Å²) in [6.07, 6.45) is 6.57. The molecular formula is C15H25NO2. The van der Waals surface area contributed by atoms with E-state index in [-0.39, 0.29) is 17.4 Å². The second-order valence-corrected chi connectivity index (χ2v) is 7.08. The highest BCUT2D eigenvalue weighted by Crippen LogP contribution is 2.39. The van der Waals surface area contributed by atoms with Gasteiger partial charge < -0.3 is 9.64 Å². The summed E-state index contributed by atoms with van der Waals surface area (Å²) in [5.41, 5.74) is 0.0434. The van der Waals surface area contributed by atoms with Gasteiger partial charge in [-0.15, -0.1) is 0 Å². The van der Waals surface area contributed by atoms with E-state index in [0.29, 0.717) is 0 Å². The van der Waals surface area contributed by atoms with E-state index in [9.17, 15) is 4.79 Å². The van der Waals surface area contributed by atoms with Crippen LogP contribution in [0.3, 0.4) is 0 Å². The van der Waals surface area contributed by atoms with Gasteiger partial charge in [-0.2, -0.15) is 0 Å². The lowest BCUT2D eigenvalue weighted by atomic mass is 9.82. The third-order valence-electron chi connectivity index (χ3n) is 5.09. The molecule has 0 radical (unpaired) electrons. The first-order valence-electron chi connectivity index (χ1n) is 7.48. The zero-order valence-electron chi connectivity index (χ0n) is 11.7. The van der Waals surface area contributed by atoms with E-state index in [2.05, 4.69) is 18.7 Å². The van der Waals surface area contributed by atoms with Crippen molar-refractivity contribution in [1.29, 1.82) is 0 Å². The highest BCUT2D eigenvalue weighted by Gasteiger charge is 2.48. The van der Waals surface area contributed by atoms with Gasteiger partial charge in [0.15, 0.2) is 0 Å². The highest BCUT2D eigenvalue weighted by atomic mass is 16.5. The van der Waals surface area contributed by atoms with E-state index in [4.69, 9.17) is 4.74 Å². The van der Waals surface area contributed by atoms with Gasteiger partial charge in [0.05, 0.1) is 6.61 Å². The normalized spacial score (nSPS) is 38.8. The molecular weight excluding hydrogens is 226 g/mol. The lowest BCUT2D eigenvalue weighted by Crippen LogP contribution is -2.56. The van der Waals surface area contributed by atoms with Crippen LogP contribution in [0.15, 0.2) is 0 Å². The molecule has 0 aromatic heterocycles. The van der Waals surface area contributed by atoms with Crippen molar-refractivity contribution in [2.75, 3.05) is 19.7 Å². The number of hydrogen-bond donors (Lipinski definition) is 0. The summed E-state index contributed by atoms with van der Waals surface area (Å²) in [4.78, 5) is 14.6. The van der Waals surface area contributed by atoms with Crippen molar-refractivity contribution in [2.24, 2.45) is 17.3 Å². The maximum atomic E-state index is 12.5. The first-order valence-corrected chi connectivity index (χ1v) is 7.48. The number of amides is 1. The Morgan fingerprint density at radius 2 is 1.72 bits per heavy atom. The van der Waals surface area contributed by atoms with Gasteiger partial charge in [-0.3, -0.25) is 4.79 Å². The largest absolute Gasteiger partial charge is 0.367 e. The van der Waals surface area contributed by atoms with Gasteiger partial charge in [-0.1, -0.05) is 33.1 Å². The van der Waals surface area contributed by atoms with E-state index in [1.165, 1.54) is 32.1 Å². The number of fused-ring (bicyclic) bond motifs is 1. The molecule has 3 nitrogen and oxygen atoms in total. The Labute approximate surface area is 110 Å². The second-order valence-electron chi connectivity index (χ2n) is 7.08. The number of ether oxygens (including phenoxy) is 1. The predicted molar refractivity (Wildman–Crippen MR) is 70.2 cm³/mol. The molecule has 1 aliphatic carbocycles. The summed E-state index contributed by atoms with van der Waals surface area (Å²) in [5, 5.41) is 0. The second kappa shape index (κ2) is 4.52. The maximum absolute atomic E-state index is 12.5. The molecule has 2 saturated heterocycles. The van der Waals surface area contributed by atoms with Crippen LogP contribution >= 0.6 is 0 Å². The number of hydrogen-bond acceptors (Lipinski definition) is 2. The van der Waals surface area contributed by atoms with Gasteiger partial charge in [0.25, 0.3) is 5.91 Å². The maximum Gasteiger partial charge on any atom is 0.252 e. The molecule has 0 aromatic rings. The molecule has 3 aliphatic rings. The first kappa shape index (κ1) is 12.5. The molecule has 3 heteroatoms. The van der Waals surface area contributed by atoms with Crippen molar-refractivity contribution in [3.8, 4) is 0 Å². The number of carbonyl (C=O) groups excluding carboxylic acids is 1. The van der Waals surface area contributed by atoms with Crippen LogP contribution in [0, 0.1) is 17.3 Å². The van der Waals surface area contributed by atoms with Crippen molar-refractivity contribution < 1.29 is 9.53 Å². The van der Waals surface area contributed by atoms with Crippen LogP contribution in [-0.4, -0.2) is 36.6 Å². The van der Waals surface area contributed by atoms with E-state index in [1.807, 2.05) is 0 Å². The lowest BCUT2D eigenvalue weighted by molar-refractivity contribution is -0.192. The van der Waals surface area contributed by atoms with E-state index >= 15 is 0 Å². The summed E-state index contributed by atoms with van der Waals surface area (Å²) in [5.74, 6) is 1.78. The van der Waals surface area contributed by atoms with Gasteiger partial charge in [0, 0.05) is 18.5 Å². The molecule has 0 spiro atoms. The molecule has 0 bridgehead atoms. The molecule has 3 fully saturated rings. The Kier molecular flexibility index (Phi) is 3.13. The minimum absolute atomic E-state index is 0.0434. The predicted octanol–water partition coefficient (Wildman–Crippen LogP) is 2.45. The van der Waals surface area contributed by atoms with Gasteiger partial charge >= 0.3 is 0 Å². The minimum Gasteiger partial charge on any atom is -0.367 e. The third-order valence-corrected chi connectivity index (χ3v) is 5.09. The third kappa shape index (κ3) is 2.07. The molecule has 102 valence electrons. The van der Waals surface area contributed by atoms with Gasteiger partial charge in [0.2, 0.25) is 0 Å². The Morgan fingerprint density at radius 1 is 1.11 bits per heavy atom. The van der Waals surface area contributed by atoms with E-state index in [1.54, 1.807) is 0 Å². The van der Waals surface area contributed by atoms with Crippen LogP contribution < -0.4 is 0 Å². The van der Waals surface area contributed by atoms with Gasteiger partial charge in [0.1, 0.15) is 6.10 Å². The lowest BCUT2D eigenvalue weighted by Gasteiger charge is -2.44. The molecule has 0 aromatic carbocycles. The average molecular weight is 251 g/mol. The fourth-order valence-corrected chi connectivity index (χ4v) is 3.83. The molecule has 18 heavy (non-hydrogen) atoms. The van der Waals surface area contributed by atoms with Crippen molar-refractivity contribution in [3.63, 3.8) is 0 Å². The quantitative estimate of drug-likeness (QED) is 0.716. The van der Waals surface area contributed by atoms with E-state index < -0.39 is 0 Å². The molecule has 3 unspecified atom stereocenters. The standard InChI is InChI=1S/C15H25NO2/c1-15(2)10-18-13(15)14(17)16-8-11-6-4-3-5-7-12(11)9-16/h11-13H,3-10H2,1-2H3. The molecule has 3 rings (SSSR count). The zero-order valence-corrected chi connectivity index (χ0v) is 11.7. The Hall–Kier alpha value is -0.570. The zero-order chi connectivity index (χ0) is 12.8. The molecule has 2 aliphatic heterocycles. The van der Waals surface area contributed by atoms with E-state index in [0.717, 1.165) is 31.5 Å². The Morgan fingerprint density at radius 3 is 2.17 bits per heavy atom. The summed E-state index contributed by atoms with van der Waals surface area (Å²) >= 11 is 0. The fourth-order valence-electron chi connectivity index (χ4n) is 3.83. The average Bonchev–Trinajstić information content (AvgIpc) is 2.60. The summed E-state index contributed by atoms with van der Waals surface area (Å²) < 4.78 is 5.51. The van der Waals surface area contributed by atoms with Gasteiger partial charge in [-0.25, -0.2) is 0 Å². The van der Waals surface area contributed by atoms with Crippen molar-refractivity contribution in [2.45, 2.75) is 52.1 Å². The molecule has 1 amide bonds. The summed E-state index contributed by atoms with van der Waals surface area (Å²) in [7, 11) is 0. The van der Waals surface area contributed by atoms with Crippen molar-refractivity contribution in [3.05, 3.63) is 0 Å². The van der Waals surface area contributed by atoms with Crippen LogP contribution in [0.2, 0.25) is 0 Å². The van der Waals surface area contributed by atoms with Crippen LogP contribution in [0.1, 0.15) is 46.0 Å². The van der Waals surface area contributed by atoms with Gasteiger partial charge in [-0.05, 0) is 24.7 Å². The van der Waals surface area contributed by atoms with Crippen LogP contribution in [0.25, 0.3) is 0 Å². The van der Waals surface area contributed by atoms with Crippen LogP contribution in [0.4, 0.5) is 0 Å². The number of rotatable bonds is 1. The monoisotopic (exact) mass is 251 g/mol. The van der Waals surface area contributed by atoms with Crippen molar-refractivity contribution >= 4 is 5.91 Å². The smallest absolute Gasteiger partial charge is 0.252 e. The first-order chi connectivity index (χ1) is 8.58. The van der Waals surface area contributed by atoms with Crippen molar-refractivity contribution in [1.82, 2.24) is 4.90 Å². The number of nitrogens with zero attached hydrogens (tertiary/aromatic N) is 1. The SMILES string of the molecule is CC1(C)COC1C(=O)N1CC2CCCCCC2C1. The highest BCUT2D eigenvalue weighted by molar-refractivity contribution is 5.83. The minimum atomic E-state index is -0.181. The summed E-state index contributed by atoms with van der Waals surface area (Å²) in [6.45, 7) is 6.96. The molecule has 3 atom stereocenters. The number of carbonyl (C=O) groups is 1. The topological polar surface area (TPSA) is 29.5 Å². The fraction of sp³-hybridized carbons (Fsp3) is 0.933. The molecule has 2 heterocycles. The van der Waals surface area contributed by atoms with Crippen LogP contribution in [-0.2, 0) is 9.53 Å². The molecule has 0 N–H and O–H groups in total. The molecule has 1 saturated carbocycles.